The van der Waals surface area contributed by atoms with E-state index in [4.69, 9.17) is 9.47 Å². The smallest absolute Gasteiger partial charge is 0.407 e. The van der Waals surface area contributed by atoms with E-state index in [2.05, 4.69) is 39.8 Å². The highest BCUT2D eigenvalue weighted by molar-refractivity contribution is 6.05. The summed E-state index contributed by atoms with van der Waals surface area (Å²) in [5, 5.41) is 5.32. The largest absolute Gasteiger partial charge is 0.489 e. The third-order valence-corrected chi connectivity index (χ3v) is 7.67. The molecule has 0 aliphatic carbocycles. The lowest BCUT2D eigenvalue weighted by Gasteiger charge is -2.32. The molecule has 0 unspecified atom stereocenters. The Bertz CT molecular complexity index is 1310. The molecule has 2 fully saturated rings. The number of nitrogens with zero attached hydrogens (tertiary/aromatic N) is 2. The van der Waals surface area contributed by atoms with Gasteiger partial charge in [-0.3, -0.25) is 24.6 Å². The Labute approximate surface area is 240 Å². The van der Waals surface area contributed by atoms with Crippen molar-refractivity contribution in [2.45, 2.75) is 83.8 Å². The number of carbonyl (C=O) groups excluding carboxylic acids is 4. The van der Waals surface area contributed by atoms with Crippen LogP contribution in [0.15, 0.2) is 42.5 Å². The predicted molar refractivity (Wildman–Crippen MR) is 151 cm³/mol. The number of piperidine rings is 2. The van der Waals surface area contributed by atoms with Gasteiger partial charge in [-0.15, -0.1) is 0 Å². The Balaban J connectivity index is 1.11. The highest BCUT2D eigenvalue weighted by Gasteiger charge is 2.40. The van der Waals surface area contributed by atoms with Crippen molar-refractivity contribution in [3.8, 4) is 5.75 Å². The second-order valence-electron chi connectivity index (χ2n) is 12.0. The van der Waals surface area contributed by atoms with Crippen molar-refractivity contribution in [1.82, 2.24) is 20.4 Å². The number of alkyl carbamates (subject to hydrolysis) is 1. The van der Waals surface area contributed by atoms with Crippen molar-refractivity contribution in [1.29, 1.82) is 0 Å². The van der Waals surface area contributed by atoms with E-state index < -0.39 is 17.6 Å². The van der Waals surface area contributed by atoms with Crippen molar-refractivity contribution < 1.29 is 28.7 Å². The number of rotatable bonds is 7. The van der Waals surface area contributed by atoms with Crippen LogP contribution in [0.1, 0.15) is 73.5 Å². The Kier molecular flexibility index (Phi) is 8.30. The summed E-state index contributed by atoms with van der Waals surface area (Å²) < 4.78 is 11.5. The van der Waals surface area contributed by atoms with E-state index >= 15 is 0 Å². The maximum Gasteiger partial charge on any atom is 0.407 e. The summed E-state index contributed by atoms with van der Waals surface area (Å²) in [5.41, 5.74) is 3.02. The fourth-order valence-corrected chi connectivity index (χ4v) is 5.56. The van der Waals surface area contributed by atoms with Gasteiger partial charge in [0.2, 0.25) is 11.8 Å². The lowest BCUT2D eigenvalue weighted by Crippen LogP contribution is -2.52. The van der Waals surface area contributed by atoms with Crippen molar-refractivity contribution in [3.05, 3.63) is 64.7 Å². The molecule has 1 atom stereocenters. The average Bonchev–Trinajstić information content (AvgIpc) is 3.25. The van der Waals surface area contributed by atoms with Crippen LogP contribution < -0.4 is 15.4 Å². The minimum absolute atomic E-state index is 0.131. The molecule has 2 saturated heterocycles. The fraction of sp³-hybridized carbons (Fsp3) is 0.484. The normalized spacial score (nSPS) is 20.0. The number of imide groups is 1. The number of amides is 4. The molecular formula is C31H38N4O6. The highest BCUT2D eigenvalue weighted by atomic mass is 16.6. The summed E-state index contributed by atoms with van der Waals surface area (Å²) >= 11 is 0. The van der Waals surface area contributed by atoms with Crippen LogP contribution >= 0.6 is 0 Å². The molecule has 0 spiro atoms. The van der Waals surface area contributed by atoms with Gasteiger partial charge in [0.25, 0.3) is 5.91 Å². The monoisotopic (exact) mass is 562 g/mol. The molecule has 5 rings (SSSR count). The molecular weight excluding hydrogens is 524 g/mol. The third-order valence-electron chi connectivity index (χ3n) is 7.67. The van der Waals surface area contributed by atoms with E-state index in [1.54, 1.807) is 12.1 Å². The van der Waals surface area contributed by atoms with Crippen LogP contribution in [0.3, 0.4) is 0 Å². The number of benzene rings is 2. The Hall–Kier alpha value is -3.92. The van der Waals surface area contributed by atoms with E-state index in [1.165, 1.54) is 10.5 Å². The van der Waals surface area contributed by atoms with Crippen LogP contribution in [-0.2, 0) is 34.0 Å². The molecule has 2 N–H and O–H groups in total. The number of fused-ring (bicyclic) bond motifs is 1. The summed E-state index contributed by atoms with van der Waals surface area (Å²) in [7, 11) is 0. The standard InChI is InChI=1S/C31H38N4O6/c1-31(2,3)41-30(39)32-22-13-15-34(16-14-22)17-20-7-9-21(10-8-20)19-40-26-6-4-5-23-24(26)18-35(29(23)38)25-11-12-27(36)33-28(25)37/h4-10,22,25H,11-19H2,1-3H3,(H,32,39)(H,33,36,37)/t25-/m0/s1. The molecule has 0 radical (unpaired) electrons. The quantitative estimate of drug-likeness (QED) is 0.496. The van der Waals surface area contributed by atoms with Gasteiger partial charge in [0.05, 0.1) is 6.54 Å². The zero-order valence-corrected chi connectivity index (χ0v) is 23.9. The maximum atomic E-state index is 13.0. The number of hydrogen-bond donors (Lipinski definition) is 2. The second-order valence-corrected chi connectivity index (χ2v) is 12.0. The van der Waals surface area contributed by atoms with Crippen LogP contribution in [-0.4, -0.2) is 64.4 Å². The molecule has 41 heavy (non-hydrogen) atoms. The molecule has 2 aromatic carbocycles. The van der Waals surface area contributed by atoms with Crippen molar-refractivity contribution in [3.63, 3.8) is 0 Å². The van der Waals surface area contributed by atoms with Crippen LogP contribution in [0.5, 0.6) is 5.75 Å². The minimum Gasteiger partial charge on any atom is -0.489 e. The molecule has 0 saturated carbocycles. The molecule has 10 nitrogen and oxygen atoms in total. The van der Waals surface area contributed by atoms with E-state index in [-0.39, 0.29) is 36.9 Å². The van der Waals surface area contributed by atoms with Crippen LogP contribution in [0, 0.1) is 0 Å². The molecule has 3 aliphatic rings. The van der Waals surface area contributed by atoms with Gasteiger partial charge in [-0.25, -0.2) is 4.79 Å². The van der Waals surface area contributed by atoms with Crippen LogP contribution in [0.4, 0.5) is 4.79 Å². The summed E-state index contributed by atoms with van der Waals surface area (Å²) in [4.78, 5) is 52.9. The van der Waals surface area contributed by atoms with E-state index in [0.717, 1.165) is 43.6 Å². The summed E-state index contributed by atoms with van der Waals surface area (Å²) in [6.07, 6.45) is 1.96. The average molecular weight is 563 g/mol. The Morgan fingerprint density at radius 2 is 1.71 bits per heavy atom. The Morgan fingerprint density at radius 1 is 1.00 bits per heavy atom. The molecule has 3 heterocycles. The number of ether oxygens (including phenoxy) is 2. The molecule has 0 aromatic heterocycles. The first-order valence-electron chi connectivity index (χ1n) is 14.2. The highest BCUT2D eigenvalue weighted by Crippen LogP contribution is 2.34. The number of nitrogens with one attached hydrogen (secondary N) is 2. The van der Waals surface area contributed by atoms with Crippen molar-refractivity contribution >= 4 is 23.8 Å². The SMILES string of the molecule is CC(C)(C)OC(=O)NC1CCN(Cc2ccc(COc3cccc4c3CN([C@H]3CCC(=O)NC3=O)C4=O)cc2)CC1. The molecule has 0 bridgehead atoms. The third kappa shape index (κ3) is 7.05. The molecule has 2 aromatic rings. The maximum absolute atomic E-state index is 13.0. The topological polar surface area (TPSA) is 117 Å². The van der Waals surface area contributed by atoms with E-state index in [9.17, 15) is 19.2 Å². The van der Waals surface area contributed by atoms with Gasteiger partial charge in [-0.05, 0) is 63.3 Å². The first-order chi connectivity index (χ1) is 19.6. The summed E-state index contributed by atoms with van der Waals surface area (Å²) in [5.74, 6) is -0.319. The van der Waals surface area contributed by atoms with Gasteiger partial charge >= 0.3 is 6.09 Å². The van der Waals surface area contributed by atoms with Gasteiger partial charge < -0.3 is 19.7 Å². The van der Waals surface area contributed by atoms with Crippen LogP contribution in [0.25, 0.3) is 0 Å². The van der Waals surface area contributed by atoms with E-state index in [0.29, 0.717) is 24.3 Å². The predicted octanol–water partition coefficient (Wildman–Crippen LogP) is 3.52. The van der Waals surface area contributed by atoms with Gasteiger partial charge in [0.15, 0.2) is 0 Å². The summed E-state index contributed by atoms with van der Waals surface area (Å²) in [6.45, 7) is 8.86. The lowest BCUT2D eigenvalue weighted by molar-refractivity contribution is -0.136. The number of carbonyl (C=O) groups is 4. The minimum atomic E-state index is -0.653. The number of likely N-dealkylation sites (tertiary alicyclic amines) is 1. The molecule has 3 aliphatic heterocycles. The lowest BCUT2D eigenvalue weighted by atomic mass is 10.0. The summed E-state index contributed by atoms with van der Waals surface area (Å²) in [6, 6.07) is 13.2. The van der Waals surface area contributed by atoms with Crippen LogP contribution in [0.2, 0.25) is 0 Å². The van der Waals surface area contributed by atoms with Crippen molar-refractivity contribution in [2.75, 3.05) is 13.1 Å². The van der Waals surface area contributed by atoms with Gasteiger partial charge in [0, 0.05) is 43.2 Å². The number of hydrogen-bond acceptors (Lipinski definition) is 7. The first-order valence-corrected chi connectivity index (χ1v) is 14.2. The van der Waals surface area contributed by atoms with E-state index in [1.807, 2.05) is 26.8 Å². The van der Waals surface area contributed by atoms with Gasteiger partial charge in [-0.2, -0.15) is 0 Å². The zero-order valence-electron chi connectivity index (χ0n) is 23.9. The molecule has 10 heteroatoms. The molecule has 218 valence electrons. The Morgan fingerprint density at radius 3 is 2.39 bits per heavy atom. The molecule has 4 amide bonds. The van der Waals surface area contributed by atoms with Crippen molar-refractivity contribution in [2.24, 2.45) is 0 Å². The van der Waals surface area contributed by atoms with Gasteiger partial charge in [-0.1, -0.05) is 30.3 Å². The second kappa shape index (κ2) is 11.9. The fourth-order valence-electron chi connectivity index (χ4n) is 5.56. The van der Waals surface area contributed by atoms with Gasteiger partial charge in [0.1, 0.15) is 24.0 Å². The first kappa shape index (κ1) is 28.6. The zero-order chi connectivity index (χ0) is 29.1.